The largest absolute Gasteiger partial charge is 0.496 e. The van der Waals surface area contributed by atoms with E-state index in [1.165, 1.54) is 32.1 Å². The monoisotopic (exact) mass is 331 g/mol. The number of nitrogens with one attached hydrogen (secondary N) is 1. The number of rotatable bonds is 4. The van der Waals surface area contributed by atoms with E-state index in [0.29, 0.717) is 17.0 Å². The number of benzene rings is 1. The molecule has 4 nitrogen and oxygen atoms in total. The molecular weight excluding hydrogens is 310 g/mol. The molecule has 1 aromatic heterocycles. The van der Waals surface area contributed by atoms with Crippen LogP contribution in [0.5, 0.6) is 5.75 Å². The SMILES string of the molecule is COc1ccc(Cl)cc1-c1cc(C)nc(NC2CCCCC2)n1. The summed E-state index contributed by atoms with van der Waals surface area (Å²) in [7, 11) is 1.65. The Hall–Kier alpha value is -1.81. The molecule has 0 unspecified atom stereocenters. The van der Waals surface area contributed by atoms with E-state index in [0.717, 1.165) is 22.7 Å². The van der Waals surface area contributed by atoms with Crippen molar-refractivity contribution in [3.05, 3.63) is 35.0 Å². The van der Waals surface area contributed by atoms with Crippen LogP contribution in [0.2, 0.25) is 5.02 Å². The van der Waals surface area contributed by atoms with Gasteiger partial charge in [-0.05, 0) is 44.0 Å². The quantitative estimate of drug-likeness (QED) is 0.869. The molecule has 1 aliphatic carbocycles. The minimum absolute atomic E-state index is 0.472. The van der Waals surface area contributed by atoms with E-state index in [1.54, 1.807) is 7.11 Å². The number of ether oxygens (including phenoxy) is 1. The van der Waals surface area contributed by atoms with Gasteiger partial charge in [0.05, 0.1) is 12.8 Å². The third-order valence-electron chi connectivity index (χ3n) is 4.23. The van der Waals surface area contributed by atoms with E-state index in [4.69, 9.17) is 16.3 Å². The van der Waals surface area contributed by atoms with Gasteiger partial charge in [0.1, 0.15) is 5.75 Å². The minimum Gasteiger partial charge on any atom is -0.496 e. The van der Waals surface area contributed by atoms with Crippen LogP contribution < -0.4 is 10.1 Å². The highest BCUT2D eigenvalue weighted by Gasteiger charge is 2.16. The number of hydrogen-bond donors (Lipinski definition) is 1. The molecule has 5 heteroatoms. The third-order valence-corrected chi connectivity index (χ3v) is 4.47. The molecule has 1 fully saturated rings. The van der Waals surface area contributed by atoms with E-state index in [2.05, 4.69) is 15.3 Å². The maximum Gasteiger partial charge on any atom is 0.223 e. The second-order valence-electron chi connectivity index (χ2n) is 6.04. The van der Waals surface area contributed by atoms with Gasteiger partial charge in [-0.3, -0.25) is 0 Å². The average Bonchev–Trinajstić information content (AvgIpc) is 2.55. The van der Waals surface area contributed by atoms with Gasteiger partial charge in [-0.15, -0.1) is 0 Å². The first-order valence-electron chi connectivity index (χ1n) is 8.12. The zero-order valence-corrected chi connectivity index (χ0v) is 14.4. The first-order chi connectivity index (χ1) is 11.2. The van der Waals surface area contributed by atoms with Crippen LogP contribution in [0.3, 0.4) is 0 Å². The van der Waals surface area contributed by atoms with Crippen molar-refractivity contribution >= 4 is 17.5 Å². The molecule has 1 heterocycles. The summed E-state index contributed by atoms with van der Waals surface area (Å²) >= 11 is 6.14. The number of hydrogen-bond acceptors (Lipinski definition) is 4. The minimum atomic E-state index is 0.472. The molecule has 1 saturated carbocycles. The molecule has 1 N–H and O–H groups in total. The summed E-state index contributed by atoms with van der Waals surface area (Å²) in [5.41, 5.74) is 2.64. The fourth-order valence-corrected chi connectivity index (χ4v) is 3.25. The zero-order valence-electron chi connectivity index (χ0n) is 13.6. The van der Waals surface area contributed by atoms with Crippen molar-refractivity contribution in [2.75, 3.05) is 12.4 Å². The van der Waals surface area contributed by atoms with Crippen LogP contribution in [-0.4, -0.2) is 23.1 Å². The molecule has 3 rings (SSSR count). The van der Waals surface area contributed by atoms with E-state index in [9.17, 15) is 0 Å². The highest BCUT2D eigenvalue weighted by atomic mass is 35.5. The van der Waals surface area contributed by atoms with Crippen LogP contribution in [0.1, 0.15) is 37.8 Å². The van der Waals surface area contributed by atoms with E-state index in [-0.39, 0.29) is 0 Å². The summed E-state index contributed by atoms with van der Waals surface area (Å²) in [6.07, 6.45) is 6.26. The maximum absolute atomic E-state index is 6.14. The molecule has 122 valence electrons. The molecule has 23 heavy (non-hydrogen) atoms. The fourth-order valence-electron chi connectivity index (χ4n) is 3.08. The molecule has 0 radical (unpaired) electrons. The summed E-state index contributed by atoms with van der Waals surface area (Å²) in [5.74, 6) is 1.45. The van der Waals surface area contributed by atoms with Crippen molar-refractivity contribution in [2.24, 2.45) is 0 Å². The van der Waals surface area contributed by atoms with Crippen molar-refractivity contribution < 1.29 is 4.74 Å². The molecule has 1 aliphatic rings. The topological polar surface area (TPSA) is 47.0 Å². The van der Waals surface area contributed by atoms with Gasteiger partial charge >= 0.3 is 0 Å². The summed E-state index contributed by atoms with van der Waals surface area (Å²) in [6.45, 7) is 1.98. The lowest BCUT2D eigenvalue weighted by molar-refractivity contribution is 0.416. The Kier molecular flexibility index (Phi) is 5.01. The first kappa shape index (κ1) is 16.1. The van der Waals surface area contributed by atoms with Crippen LogP contribution in [0, 0.1) is 6.92 Å². The lowest BCUT2D eigenvalue weighted by Gasteiger charge is -2.23. The molecular formula is C18H22ClN3O. The van der Waals surface area contributed by atoms with Gasteiger partial charge in [0.25, 0.3) is 0 Å². The maximum atomic E-state index is 6.14. The van der Waals surface area contributed by atoms with E-state index < -0.39 is 0 Å². The van der Waals surface area contributed by atoms with Crippen LogP contribution in [0.4, 0.5) is 5.95 Å². The van der Waals surface area contributed by atoms with Crippen LogP contribution >= 0.6 is 11.6 Å². The molecule has 0 atom stereocenters. The molecule has 2 aromatic rings. The Labute approximate surface area is 142 Å². The second kappa shape index (κ2) is 7.18. The Morgan fingerprint density at radius 2 is 1.91 bits per heavy atom. The van der Waals surface area contributed by atoms with Gasteiger partial charge in [0.2, 0.25) is 5.95 Å². The summed E-state index contributed by atoms with van der Waals surface area (Å²) < 4.78 is 5.44. The standard InChI is InChI=1S/C18H22ClN3O/c1-12-10-16(15-11-13(19)8-9-17(15)23-2)22-18(20-12)21-14-6-4-3-5-7-14/h8-11,14H,3-7H2,1-2H3,(H,20,21,22). The highest BCUT2D eigenvalue weighted by molar-refractivity contribution is 6.30. The molecule has 0 aliphatic heterocycles. The normalized spacial score (nSPS) is 15.4. The Morgan fingerprint density at radius 3 is 2.65 bits per heavy atom. The summed E-state index contributed by atoms with van der Waals surface area (Å²) in [4.78, 5) is 9.22. The van der Waals surface area contributed by atoms with Gasteiger partial charge in [-0.2, -0.15) is 0 Å². The molecule has 1 aromatic carbocycles. The predicted molar refractivity (Wildman–Crippen MR) is 94.3 cm³/mol. The van der Waals surface area contributed by atoms with Crippen LogP contribution in [0.15, 0.2) is 24.3 Å². The molecule has 0 saturated heterocycles. The van der Waals surface area contributed by atoms with Gasteiger partial charge in [0, 0.05) is 22.3 Å². The van der Waals surface area contributed by atoms with Crippen molar-refractivity contribution in [3.8, 4) is 17.0 Å². The second-order valence-corrected chi connectivity index (χ2v) is 6.48. The van der Waals surface area contributed by atoms with E-state index in [1.807, 2.05) is 31.2 Å². The number of methoxy groups -OCH3 is 1. The number of aryl methyl sites for hydroxylation is 1. The number of halogens is 1. The van der Waals surface area contributed by atoms with Crippen molar-refractivity contribution in [3.63, 3.8) is 0 Å². The van der Waals surface area contributed by atoms with Gasteiger partial charge < -0.3 is 10.1 Å². The van der Waals surface area contributed by atoms with Crippen molar-refractivity contribution in [2.45, 2.75) is 45.1 Å². The van der Waals surface area contributed by atoms with Crippen LogP contribution in [0.25, 0.3) is 11.3 Å². The summed E-state index contributed by atoms with van der Waals surface area (Å²) in [5, 5.41) is 4.15. The zero-order chi connectivity index (χ0) is 16.2. The van der Waals surface area contributed by atoms with E-state index >= 15 is 0 Å². The Bertz CT molecular complexity index is 684. The lowest BCUT2D eigenvalue weighted by atomic mass is 9.96. The molecule has 0 spiro atoms. The first-order valence-corrected chi connectivity index (χ1v) is 8.49. The predicted octanol–water partition coefficient (Wildman–Crippen LogP) is 4.86. The summed E-state index contributed by atoms with van der Waals surface area (Å²) in [6, 6.07) is 7.99. The number of nitrogens with zero attached hydrogens (tertiary/aromatic N) is 2. The number of aromatic nitrogens is 2. The smallest absolute Gasteiger partial charge is 0.223 e. The number of anilines is 1. The Balaban J connectivity index is 1.92. The Morgan fingerprint density at radius 1 is 1.13 bits per heavy atom. The fraction of sp³-hybridized carbons (Fsp3) is 0.444. The van der Waals surface area contributed by atoms with Gasteiger partial charge in [0.15, 0.2) is 0 Å². The average molecular weight is 332 g/mol. The highest BCUT2D eigenvalue weighted by Crippen LogP contribution is 2.32. The third kappa shape index (κ3) is 3.94. The van der Waals surface area contributed by atoms with Crippen molar-refractivity contribution in [1.82, 2.24) is 9.97 Å². The van der Waals surface area contributed by atoms with Crippen LogP contribution in [-0.2, 0) is 0 Å². The molecule has 0 bridgehead atoms. The molecule has 0 amide bonds. The van der Waals surface area contributed by atoms with Crippen molar-refractivity contribution in [1.29, 1.82) is 0 Å². The lowest BCUT2D eigenvalue weighted by Crippen LogP contribution is -2.23. The van der Waals surface area contributed by atoms with Gasteiger partial charge in [-0.1, -0.05) is 30.9 Å². The van der Waals surface area contributed by atoms with Gasteiger partial charge in [-0.25, -0.2) is 9.97 Å².